The molecule has 2 aromatic rings. The summed E-state index contributed by atoms with van der Waals surface area (Å²) >= 11 is 1.63. The second-order valence-corrected chi connectivity index (χ2v) is 5.46. The first-order valence-corrected chi connectivity index (χ1v) is 7.02. The molecule has 1 aliphatic heterocycles. The van der Waals surface area contributed by atoms with E-state index in [2.05, 4.69) is 27.3 Å². The molecule has 5 nitrogen and oxygen atoms in total. The Kier molecular flexibility index (Phi) is 4.93. The molecule has 0 bridgehead atoms. The van der Waals surface area contributed by atoms with Gasteiger partial charge in [0.15, 0.2) is 0 Å². The van der Waals surface area contributed by atoms with E-state index in [0.717, 1.165) is 31.1 Å². The molecule has 0 spiro atoms. The molecule has 0 unspecified atom stereocenters. The average molecular weight is 301 g/mol. The number of hydrogen-bond donors (Lipinski definition) is 1. The van der Waals surface area contributed by atoms with Gasteiger partial charge in [-0.2, -0.15) is 4.98 Å². The van der Waals surface area contributed by atoms with Crippen LogP contribution in [0.3, 0.4) is 0 Å². The number of halogens is 1. The van der Waals surface area contributed by atoms with Crippen LogP contribution in [0.25, 0.3) is 10.7 Å². The van der Waals surface area contributed by atoms with E-state index in [4.69, 9.17) is 4.52 Å². The van der Waals surface area contributed by atoms with Gasteiger partial charge in [-0.05, 0) is 18.4 Å². The number of hydrogen-bond acceptors (Lipinski definition) is 6. The Hall–Kier alpha value is -0.950. The molecule has 1 saturated heterocycles. The van der Waals surface area contributed by atoms with E-state index in [0.29, 0.717) is 17.8 Å². The van der Waals surface area contributed by atoms with Crippen molar-refractivity contribution >= 4 is 23.7 Å². The van der Waals surface area contributed by atoms with Crippen molar-refractivity contribution in [2.24, 2.45) is 0 Å². The molecule has 0 aromatic carbocycles. The second-order valence-electron chi connectivity index (χ2n) is 4.51. The van der Waals surface area contributed by atoms with Crippen molar-refractivity contribution in [3.05, 3.63) is 23.4 Å². The summed E-state index contributed by atoms with van der Waals surface area (Å²) in [5, 5.41) is 9.42. The molecule has 2 aromatic heterocycles. The highest BCUT2D eigenvalue weighted by Crippen LogP contribution is 2.21. The van der Waals surface area contributed by atoms with Crippen LogP contribution in [0, 0.1) is 0 Å². The van der Waals surface area contributed by atoms with E-state index in [9.17, 15) is 0 Å². The number of thiophene rings is 1. The van der Waals surface area contributed by atoms with Crippen LogP contribution in [0.4, 0.5) is 0 Å². The van der Waals surface area contributed by atoms with E-state index in [1.54, 1.807) is 11.3 Å². The molecule has 19 heavy (non-hydrogen) atoms. The van der Waals surface area contributed by atoms with Gasteiger partial charge in [-0.15, -0.1) is 23.7 Å². The van der Waals surface area contributed by atoms with Crippen LogP contribution in [0.5, 0.6) is 0 Å². The van der Waals surface area contributed by atoms with E-state index in [1.807, 2.05) is 17.5 Å². The Labute approximate surface area is 122 Å². The van der Waals surface area contributed by atoms with Crippen LogP contribution in [0.1, 0.15) is 12.8 Å². The summed E-state index contributed by atoms with van der Waals surface area (Å²) in [6, 6.07) is 4.51. The first-order valence-electron chi connectivity index (χ1n) is 6.14. The maximum absolute atomic E-state index is 5.32. The first kappa shape index (κ1) is 14.5. The van der Waals surface area contributed by atoms with Crippen molar-refractivity contribution < 1.29 is 4.52 Å². The number of nitrogens with zero attached hydrogens (tertiary/aromatic N) is 3. The van der Waals surface area contributed by atoms with Crippen LogP contribution >= 0.6 is 23.7 Å². The minimum absolute atomic E-state index is 0. The van der Waals surface area contributed by atoms with Gasteiger partial charge in [-0.3, -0.25) is 4.90 Å². The molecule has 7 heteroatoms. The first-order chi connectivity index (χ1) is 8.83. The van der Waals surface area contributed by atoms with Crippen molar-refractivity contribution in [3.8, 4) is 10.7 Å². The molecular formula is C12H17ClN4OS. The Morgan fingerprint density at radius 3 is 3.21 bits per heavy atom. The lowest BCUT2D eigenvalue weighted by atomic mass is 10.2. The highest BCUT2D eigenvalue weighted by atomic mass is 35.5. The topological polar surface area (TPSA) is 54.2 Å². The minimum Gasteiger partial charge on any atom is -0.338 e. The lowest BCUT2D eigenvalue weighted by Gasteiger charge is -2.32. The largest absolute Gasteiger partial charge is 0.338 e. The summed E-state index contributed by atoms with van der Waals surface area (Å²) < 4.78 is 5.32. The Bertz CT molecular complexity index is 502. The minimum atomic E-state index is 0. The summed E-state index contributed by atoms with van der Waals surface area (Å²) in [7, 11) is 0. The quantitative estimate of drug-likeness (QED) is 0.940. The Morgan fingerprint density at radius 1 is 1.58 bits per heavy atom. The monoisotopic (exact) mass is 300 g/mol. The molecule has 1 atom stereocenters. The Balaban J connectivity index is 0.00000133. The van der Waals surface area contributed by atoms with Gasteiger partial charge in [0.25, 0.3) is 0 Å². The number of nitrogens with one attached hydrogen (secondary N) is 1. The van der Waals surface area contributed by atoms with Crippen molar-refractivity contribution in [3.63, 3.8) is 0 Å². The van der Waals surface area contributed by atoms with Crippen molar-refractivity contribution in [2.75, 3.05) is 19.6 Å². The molecule has 1 fully saturated rings. The fourth-order valence-electron chi connectivity index (χ4n) is 2.12. The van der Waals surface area contributed by atoms with Gasteiger partial charge in [0, 0.05) is 25.7 Å². The molecule has 0 saturated carbocycles. The fourth-order valence-corrected chi connectivity index (χ4v) is 2.77. The standard InChI is InChI=1S/C12H16N4OS.ClH/c1-9-7-13-4-5-16(9)8-11-14-12(15-17-11)10-3-2-6-18-10;/h2-3,6,9,13H,4-5,7-8H2,1H3;1H/t9-;/m1./s1. The van der Waals surface area contributed by atoms with E-state index >= 15 is 0 Å². The van der Waals surface area contributed by atoms with Crippen molar-refractivity contribution in [2.45, 2.75) is 19.5 Å². The predicted molar refractivity (Wildman–Crippen MR) is 77.6 cm³/mol. The molecule has 3 rings (SSSR count). The van der Waals surface area contributed by atoms with E-state index < -0.39 is 0 Å². The average Bonchev–Trinajstić information content (AvgIpc) is 3.02. The summed E-state index contributed by atoms with van der Waals surface area (Å²) in [4.78, 5) is 7.87. The van der Waals surface area contributed by atoms with Crippen molar-refractivity contribution in [1.82, 2.24) is 20.4 Å². The predicted octanol–water partition coefficient (Wildman–Crippen LogP) is 2.01. The van der Waals surface area contributed by atoms with Crippen LogP contribution in [0.15, 0.2) is 22.0 Å². The molecular weight excluding hydrogens is 284 g/mol. The van der Waals surface area contributed by atoms with Crippen molar-refractivity contribution in [1.29, 1.82) is 0 Å². The number of aromatic nitrogens is 2. The van der Waals surface area contributed by atoms with Gasteiger partial charge >= 0.3 is 0 Å². The van der Waals surface area contributed by atoms with Crippen LogP contribution in [-0.2, 0) is 6.54 Å². The summed E-state index contributed by atoms with van der Waals surface area (Å²) in [6.07, 6.45) is 0. The third kappa shape index (κ3) is 3.33. The highest BCUT2D eigenvalue weighted by molar-refractivity contribution is 7.13. The molecule has 0 amide bonds. The van der Waals surface area contributed by atoms with Gasteiger partial charge in [-0.25, -0.2) is 0 Å². The van der Waals surface area contributed by atoms with E-state index in [-0.39, 0.29) is 12.4 Å². The van der Waals surface area contributed by atoms with Gasteiger partial charge < -0.3 is 9.84 Å². The zero-order chi connectivity index (χ0) is 12.4. The molecule has 1 N–H and O–H groups in total. The van der Waals surface area contributed by atoms with Crippen LogP contribution < -0.4 is 5.32 Å². The summed E-state index contributed by atoms with van der Waals surface area (Å²) in [5.41, 5.74) is 0. The summed E-state index contributed by atoms with van der Waals surface area (Å²) in [5.74, 6) is 1.40. The third-order valence-electron chi connectivity index (χ3n) is 3.19. The normalized spacial score (nSPS) is 20.2. The van der Waals surface area contributed by atoms with Crippen LogP contribution in [0.2, 0.25) is 0 Å². The molecule has 0 radical (unpaired) electrons. The van der Waals surface area contributed by atoms with Crippen LogP contribution in [-0.4, -0.2) is 40.7 Å². The molecule has 1 aliphatic rings. The van der Waals surface area contributed by atoms with Gasteiger partial charge in [0.1, 0.15) is 0 Å². The molecule has 3 heterocycles. The fraction of sp³-hybridized carbons (Fsp3) is 0.500. The van der Waals surface area contributed by atoms with Gasteiger partial charge in [0.2, 0.25) is 11.7 Å². The molecule has 104 valence electrons. The maximum Gasteiger partial charge on any atom is 0.241 e. The maximum atomic E-state index is 5.32. The molecule has 0 aliphatic carbocycles. The smallest absolute Gasteiger partial charge is 0.241 e. The van der Waals surface area contributed by atoms with E-state index in [1.165, 1.54) is 0 Å². The SMILES string of the molecule is C[C@@H]1CNCCN1Cc1nc(-c2cccs2)no1.Cl. The summed E-state index contributed by atoms with van der Waals surface area (Å²) in [6.45, 7) is 6.02. The highest BCUT2D eigenvalue weighted by Gasteiger charge is 2.20. The van der Waals surface area contributed by atoms with Gasteiger partial charge in [-0.1, -0.05) is 11.2 Å². The number of rotatable bonds is 3. The Morgan fingerprint density at radius 2 is 2.47 bits per heavy atom. The second kappa shape index (κ2) is 6.47. The zero-order valence-electron chi connectivity index (χ0n) is 10.7. The third-order valence-corrected chi connectivity index (χ3v) is 4.05. The lowest BCUT2D eigenvalue weighted by molar-refractivity contribution is 0.146. The zero-order valence-corrected chi connectivity index (χ0v) is 12.3. The number of piperazine rings is 1. The van der Waals surface area contributed by atoms with Gasteiger partial charge in [0.05, 0.1) is 11.4 Å². The lowest BCUT2D eigenvalue weighted by Crippen LogP contribution is -2.49.